The molecule has 2 N–H and O–H groups in total. The molecule has 0 spiro atoms. The van der Waals surface area contributed by atoms with Crippen molar-refractivity contribution in [2.24, 2.45) is 0 Å². The summed E-state index contributed by atoms with van der Waals surface area (Å²) in [5.74, 6) is -29.6. The van der Waals surface area contributed by atoms with Gasteiger partial charge in [-0.25, -0.2) is 9.09 Å². The van der Waals surface area contributed by atoms with E-state index in [0.717, 1.165) is 0 Å². The molecular weight excluding hydrogens is 438 g/mol. The van der Waals surface area contributed by atoms with E-state index in [0.29, 0.717) is 0 Å². The topological polar surface area (TPSA) is 66.8 Å². The average molecular weight is 444 g/mol. The molecule has 0 bridgehead atoms. The second kappa shape index (κ2) is 6.67. The highest BCUT2D eigenvalue weighted by Gasteiger charge is 2.87. The number of hydrogen-bond acceptors (Lipinski definition) is 2. The minimum absolute atomic E-state index is 1.94. The van der Waals surface area contributed by atoms with Crippen molar-refractivity contribution in [2.45, 2.75) is 48.8 Å². The van der Waals surface area contributed by atoms with Crippen LogP contribution in [-0.2, 0) is 9.09 Å². The molecule has 0 aliphatic rings. The number of rotatable bonds is 8. The molecule has 4 nitrogen and oxygen atoms in total. The number of halogens is 13. The van der Waals surface area contributed by atoms with Gasteiger partial charge < -0.3 is 9.79 Å². The molecule has 0 rings (SSSR count). The largest absolute Gasteiger partial charge is 0.474 e. The third kappa shape index (κ3) is 4.92. The van der Waals surface area contributed by atoms with Crippen molar-refractivity contribution in [2.75, 3.05) is 0 Å². The SMILES string of the molecule is O=P(O)(O)OC(F)(F)C(F)(F)C(F)(F)C(F)(F)C(F)(F)CCC(F)(F)F. The molecule has 0 fully saturated rings. The van der Waals surface area contributed by atoms with Gasteiger partial charge >= 0.3 is 43.8 Å². The first-order valence-corrected chi connectivity index (χ1v) is 7.16. The molecule has 0 saturated heterocycles. The predicted octanol–water partition coefficient (Wildman–Crippen LogP) is 4.57. The molecule has 0 atom stereocenters. The van der Waals surface area contributed by atoms with E-state index in [1.807, 2.05) is 4.52 Å². The molecular formula is C8H6F13O4P. The third-order valence-electron chi connectivity index (χ3n) is 2.57. The summed E-state index contributed by atoms with van der Waals surface area (Å²) in [6, 6.07) is 0. The zero-order chi connectivity index (χ0) is 21.6. The van der Waals surface area contributed by atoms with E-state index in [9.17, 15) is 61.6 Å². The standard InChI is InChI=1S/C8H6F13O4P/c9-3(10,1-2-4(11,12)13)5(14,15)6(16,17)7(18,19)8(20,21)25-26(22,23)24/h1-2H2,(H2,22,23,24). The Morgan fingerprint density at radius 2 is 1.04 bits per heavy atom. The van der Waals surface area contributed by atoms with Gasteiger partial charge in [0.2, 0.25) is 0 Å². The summed E-state index contributed by atoms with van der Waals surface area (Å²) in [5.41, 5.74) is 0. The summed E-state index contributed by atoms with van der Waals surface area (Å²) >= 11 is 0. The van der Waals surface area contributed by atoms with Crippen LogP contribution in [0.4, 0.5) is 57.1 Å². The van der Waals surface area contributed by atoms with Crippen molar-refractivity contribution in [3.8, 4) is 0 Å². The van der Waals surface area contributed by atoms with Gasteiger partial charge in [0, 0.05) is 12.8 Å². The maximum Gasteiger partial charge on any atom is 0.474 e. The lowest BCUT2D eigenvalue weighted by Gasteiger charge is -2.38. The van der Waals surface area contributed by atoms with Crippen LogP contribution < -0.4 is 0 Å². The fourth-order valence-corrected chi connectivity index (χ4v) is 1.69. The van der Waals surface area contributed by atoms with Gasteiger partial charge in [-0.3, -0.25) is 0 Å². The fourth-order valence-electron chi connectivity index (χ4n) is 1.27. The van der Waals surface area contributed by atoms with E-state index in [2.05, 4.69) is 0 Å². The second-order valence-electron chi connectivity index (χ2n) is 4.64. The van der Waals surface area contributed by atoms with Crippen LogP contribution in [0.2, 0.25) is 0 Å². The summed E-state index contributed by atoms with van der Waals surface area (Å²) in [6.45, 7) is 0. The Bertz CT molecular complexity index is 551. The third-order valence-corrected chi connectivity index (χ3v) is 3.04. The summed E-state index contributed by atoms with van der Waals surface area (Å²) in [7, 11) is -6.73. The first-order valence-electron chi connectivity index (χ1n) is 5.63. The molecule has 0 aromatic rings. The van der Waals surface area contributed by atoms with Crippen molar-refractivity contribution < 1.29 is 76.0 Å². The minimum atomic E-state index is -7.80. The van der Waals surface area contributed by atoms with Crippen LogP contribution in [0.25, 0.3) is 0 Å². The number of phosphoric ester groups is 1. The smallest absolute Gasteiger partial charge is 0.303 e. The van der Waals surface area contributed by atoms with E-state index >= 15 is 0 Å². The maximum atomic E-state index is 13.1. The molecule has 0 radical (unpaired) electrons. The van der Waals surface area contributed by atoms with E-state index in [4.69, 9.17) is 9.79 Å². The second-order valence-corrected chi connectivity index (χ2v) is 5.81. The molecule has 0 amide bonds. The van der Waals surface area contributed by atoms with Crippen LogP contribution in [0, 0.1) is 0 Å². The van der Waals surface area contributed by atoms with Crippen LogP contribution >= 0.6 is 7.82 Å². The van der Waals surface area contributed by atoms with Gasteiger partial charge in [-0.1, -0.05) is 0 Å². The van der Waals surface area contributed by atoms with E-state index in [1.165, 1.54) is 0 Å². The zero-order valence-electron chi connectivity index (χ0n) is 11.5. The van der Waals surface area contributed by atoms with Crippen LogP contribution in [0.3, 0.4) is 0 Å². The monoisotopic (exact) mass is 444 g/mol. The highest BCUT2D eigenvalue weighted by Crippen LogP contribution is 2.60. The molecule has 0 heterocycles. The van der Waals surface area contributed by atoms with Crippen molar-refractivity contribution in [3.63, 3.8) is 0 Å². The Hall–Kier alpha value is -0.800. The molecule has 0 aromatic carbocycles. The van der Waals surface area contributed by atoms with Gasteiger partial charge in [-0.15, -0.1) is 0 Å². The van der Waals surface area contributed by atoms with Gasteiger partial charge in [-0.2, -0.15) is 57.1 Å². The molecule has 0 aliphatic carbocycles. The lowest BCUT2D eigenvalue weighted by atomic mass is 9.95. The first-order chi connectivity index (χ1) is 10.9. The van der Waals surface area contributed by atoms with E-state index in [-0.39, 0.29) is 0 Å². The Morgan fingerprint density at radius 3 is 1.35 bits per heavy atom. The van der Waals surface area contributed by atoms with Gasteiger partial charge in [0.05, 0.1) is 0 Å². The number of hydrogen-bond donors (Lipinski definition) is 2. The highest BCUT2D eigenvalue weighted by atomic mass is 31.2. The van der Waals surface area contributed by atoms with Crippen molar-refractivity contribution in [1.29, 1.82) is 0 Å². The van der Waals surface area contributed by atoms with Crippen molar-refractivity contribution in [1.82, 2.24) is 0 Å². The molecule has 26 heavy (non-hydrogen) atoms. The Balaban J connectivity index is 5.97. The lowest BCUT2D eigenvalue weighted by Crippen LogP contribution is -2.67. The lowest BCUT2D eigenvalue weighted by molar-refractivity contribution is -0.433. The van der Waals surface area contributed by atoms with Crippen LogP contribution in [0.1, 0.15) is 12.8 Å². The predicted molar refractivity (Wildman–Crippen MR) is 53.2 cm³/mol. The van der Waals surface area contributed by atoms with Crippen molar-refractivity contribution in [3.05, 3.63) is 0 Å². The molecule has 0 unspecified atom stereocenters. The van der Waals surface area contributed by atoms with Gasteiger partial charge in [-0.05, 0) is 0 Å². The molecule has 18 heteroatoms. The van der Waals surface area contributed by atoms with E-state index < -0.39 is 56.6 Å². The first kappa shape index (κ1) is 25.2. The fraction of sp³-hybridized carbons (Fsp3) is 1.00. The molecule has 158 valence electrons. The highest BCUT2D eigenvalue weighted by molar-refractivity contribution is 7.46. The molecule has 0 saturated carbocycles. The van der Waals surface area contributed by atoms with Gasteiger partial charge in [0.25, 0.3) is 0 Å². The summed E-state index contributed by atoms with van der Waals surface area (Å²) in [4.78, 5) is 15.8. The summed E-state index contributed by atoms with van der Waals surface area (Å²) in [6.07, 6.45) is -18.8. The molecule has 0 aliphatic heterocycles. The maximum absolute atomic E-state index is 13.1. The van der Waals surface area contributed by atoms with Crippen LogP contribution in [0.15, 0.2) is 0 Å². The Labute approximate surface area is 134 Å². The molecule has 0 aromatic heterocycles. The van der Waals surface area contributed by atoms with Crippen LogP contribution in [0.5, 0.6) is 0 Å². The van der Waals surface area contributed by atoms with Gasteiger partial charge in [0.15, 0.2) is 0 Å². The Kier molecular flexibility index (Phi) is 6.46. The Morgan fingerprint density at radius 1 is 0.654 bits per heavy atom. The summed E-state index contributed by atoms with van der Waals surface area (Å²) < 4.78 is 177. The number of phosphoric acid groups is 1. The van der Waals surface area contributed by atoms with Gasteiger partial charge in [0.1, 0.15) is 0 Å². The quantitative estimate of drug-likeness (QED) is 0.426. The zero-order valence-corrected chi connectivity index (χ0v) is 12.4. The minimum Gasteiger partial charge on any atom is -0.303 e. The number of alkyl halides is 13. The van der Waals surface area contributed by atoms with E-state index in [1.54, 1.807) is 0 Å². The summed E-state index contributed by atoms with van der Waals surface area (Å²) in [5, 5.41) is 0. The average Bonchev–Trinajstić information content (AvgIpc) is 2.31. The van der Waals surface area contributed by atoms with Crippen LogP contribution in [-0.4, -0.2) is 45.8 Å². The van der Waals surface area contributed by atoms with Crippen molar-refractivity contribution >= 4 is 7.82 Å². The normalized spacial score (nSPS) is 16.1.